The van der Waals surface area contributed by atoms with E-state index in [1.165, 1.54) is 17.7 Å². The molecular formula is C16H23N3O2. The van der Waals surface area contributed by atoms with Gasteiger partial charge in [0.25, 0.3) is 0 Å². The largest absolute Gasteiger partial charge is 0.465 e. The fraction of sp³-hybridized carbons (Fsp3) is 0.625. The highest BCUT2D eigenvalue weighted by atomic mass is 16.4. The first-order valence-electron chi connectivity index (χ1n) is 7.91. The second-order valence-corrected chi connectivity index (χ2v) is 6.16. The van der Waals surface area contributed by atoms with Gasteiger partial charge in [-0.3, -0.25) is 4.98 Å². The van der Waals surface area contributed by atoms with E-state index in [0.717, 1.165) is 38.5 Å². The number of fused-ring (bicyclic) bond motifs is 1. The summed E-state index contributed by atoms with van der Waals surface area (Å²) in [5.41, 5.74) is 2.59. The van der Waals surface area contributed by atoms with E-state index >= 15 is 0 Å². The summed E-state index contributed by atoms with van der Waals surface area (Å²) in [6, 6.07) is 5.17. The maximum Gasteiger partial charge on any atom is 0.404 e. The molecule has 1 saturated carbocycles. The van der Waals surface area contributed by atoms with Crippen molar-refractivity contribution in [3.05, 3.63) is 29.6 Å². The minimum atomic E-state index is -0.906. The van der Waals surface area contributed by atoms with Crippen LogP contribution in [0.1, 0.15) is 55.8 Å². The molecule has 0 saturated heterocycles. The molecule has 2 aliphatic rings. The molecule has 1 aromatic rings. The van der Waals surface area contributed by atoms with Gasteiger partial charge in [-0.05, 0) is 56.6 Å². The highest BCUT2D eigenvalue weighted by Crippen LogP contribution is 2.30. The minimum Gasteiger partial charge on any atom is -0.465 e. The number of carboxylic acid groups (broad SMARTS) is 1. The van der Waals surface area contributed by atoms with Crippen LogP contribution in [0.3, 0.4) is 0 Å². The van der Waals surface area contributed by atoms with Crippen molar-refractivity contribution in [3.63, 3.8) is 0 Å². The van der Waals surface area contributed by atoms with Crippen molar-refractivity contribution in [2.75, 3.05) is 0 Å². The lowest BCUT2D eigenvalue weighted by Crippen LogP contribution is -2.43. The second kappa shape index (κ2) is 6.43. The lowest BCUT2D eigenvalue weighted by atomic mass is 9.87. The number of nitrogens with zero attached hydrogens (tertiary/aromatic N) is 1. The molecule has 3 rings (SSSR count). The maximum absolute atomic E-state index is 10.7. The van der Waals surface area contributed by atoms with Gasteiger partial charge in [0, 0.05) is 24.3 Å². The molecule has 0 radical (unpaired) electrons. The molecule has 5 nitrogen and oxygen atoms in total. The summed E-state index contributed by atoms with van der Waals surface area (Å²) in [7, 11) is 0. The quantitative estimate of drug-likeness (QED) is 0.799. The molecule has 0 bridgehead atoms. The van der Waals surface area contributed by atoms with Gasteiger partial charge in [-0.15, -0.1) is 0 Å². The number of amides is 1. The van der Waals surface area contributed by atoms with Crippen molar-refractivity contribution >= 4 is 6.09 Å². The van der Waals surface area contributed by atoms with Crippen LogP contribution >= 0.6 is 0 Å². The van der Waals surface area contributed by atoms with Crippen molar-refractivity contribution in [3.8, 4) is 0 Å². The first kappa shape index (κ1) is 14.3. The summed E-state index contributed by atoms with van der Waals surface area (Å²) in [6.07, 6.45) is 8.38. The second-order valence-electron chi connectivity index (χ2n) is 6.16. The van der Waals surface area contributed by atoms with Crippen molar-refractivity contribution in [1.82, 2.24) is 15.6 Å². The molecule has 2 aliphatic carbocycles. The average molecular weight is 289 g/mol. The Morgan fingerprint density at radius 1 is 1.19 bits per heavy atom. The SMILES string of the molecule is O=C(O)N[C@H]1CC[C@H](NC2CCCc3cccnc32)CC1. The maximum atomic E-state index is 10.7. The lowest BCUT2D eigenvalue weighted by molar-refractivity contribution is 0.182. The third-order valence-electron chi connectivity index (χ3n) is 4.69. The lowest BCUT2D eigenvalue weighted by Gasteiger charge is -2.34. The van der Waals surface area contributed by atoms with Gasteiger partial charge in [-0.2, -0.15) is 0 Å². The number of nitrogens with one attached hydrogen (secondary N) is 2. The summed E-state index contributed by atoms with van der Waals surface area (Å²) in [6.45, 7) is 0. The molecule has 5 heteroatoms. The molecule has 1 heterocycles. The third kappa shape index (κ3) is 3.53. The zero-order chi connectivity index (χ0) is 14.7. The van der Waals surface area contributed by atoms with Crippen LogP contribution < -0.4 is 10.6 Å². The monoisotopic (exact) mass is 289 g/mol. The van der Waals surface area contributed by atoms with E-state index in [1.54, 1.807) is 0 Å². The minimum absolute atomic E-state index is 0.123. The number of hydrogen-bond acceptors (Lipinski definition) is 3. The number of carbonyl (C=O) groups is 1. The standard InChI is InChI=1S/C16H23N3O2/c20-16(21)19-13-8-6-12(7-9-13)18-14-5-1-3-11-4-2-10-17-15(11)14/h2,4,10,12-14,18-19H,1,3,5-9H2,(H,20,21)/t12-,13-,14?. The first-order chi connectivity index (χ1) is 10.2. The number of aryl methyl sites for hydroxylation is 1. The van der Waals surface area contributed by atoms with Crippen LogP contribution in [0.4, 0.5) is 4.79 Å². The van der Waals surface area contributed by atoms with Crippen LogP contribution in [0.25, 0.3) is 0 Å². The molecule has 1 fully saturated rings. The molecule has 0 aromatic carbocycles. The summed E-state index contributed by atoms with van der Waals surface area (Å²) in [5.74, 6) is 0. The Morgan fingerprint density at radius 3 is 2.71 bits per heavy atom. The average Bonchev–Trinajstić information content (AvgIpc) is 2.49. The van der Waals surface area contributed by atoms with E-state index in [0.29, 0.717) is 12.1 Å². The Balaban J connectivity index is 1.56. The molecule has 1 amide bonds. The predicted molar refractivity (Wildman–Crippen MR) is 80.3 cm³/mol. The highest BCUT2D eigenvalue weighted by molar-refractivity contribution is 5.64. The molecule has 1 aromatic heterocycles. The van der Waals surface area contributed by atoms with E-state index < -0.39 is 6.09 Å². The number of aromatic nitrogens is 1. The zero-order valence-corrected chi connectivity index (χ0v) is 12.2. The normalized spacial score (nSPS) is 28.7. The van der Waals surface area contributed by atoms with E-state index in [1.807, 2.05) is 12.3 Å². The van der Waals surface area contributed by atoms with Gasteiger partial charge in [0.05, 0.1) is 5.69 Å². The Hall–Kier alpha value is -1.62. The van der Waals surface area contributed by atoms with Crippen LogP contribution in [0, 0.1) is 0 Å². The van der Waals surface area contributed by atoms with E-state index in [4.69, 9.17) is 5.11 Å². The van der Waals surface area contributed by atoms with Crippen molar-refractivity contribution in [2.45, 2.75) is 63.1 Å². The van der Waals surface area contributed by atoms with Gasteiger partial charge in [0.1, 0.15) is 0 Å². The molecule has 1 unspecified atom stereocenters. The fourth-order valence-electron chi connectivity index (χ4n) is 3.64. The third-order valence-corrected chi connectivity index (χ3v) is 4.69. The van der Waals surface area contributed by atoms with Gasteiger partial charge < -0.3 is 15.7 Å². The Labute approximate surface area is 125 Å². The Bertz CT molecular complexity index is 498. The van der Waals surface area contributed by atoms with E-state index in [9.17, 15) is 4.79 Å². The Morgan fingerprint density at radius 2 is 1.95 bits per heavy atom. The molecule has 0 spiro atoms. The van der Waals surface area contributed by atoms with Crippen LogP contribution in [0.2, 0.25) is 0 Å². The van der Waals surface area contributed by atoms with Crippen molar-refractivity contribution in [1.29, 1.82) is 0 Å². The van der Waals surface area contributed by atoms with Crippen LogP contribution in [0.15, 0.2) is 18.3 Å². The van der Waals surface area contributed by atoms with Crippen LogP contribution in [-0.4, -0.2) is 28.3 Å². The topological polar surface area (TPSA) is 74.2 Å². The van der Waals surface area contributed by atoms with E-state index in [2.05, 4.69) is 21.7 Å². The van der Waals surface area contributed by atoms with Gasteiger partial charge in [-0.25, -0.2) is 4.79 Å². The van der Waals surface area contributed by atoms with Gasteiger partial charge >= 0.3 is 6.09 Å². The summed E-state index contributed by atoms with van der Waals surface area (Å²) < 4.78 is 0. The molecule has 1 atom stereocenters. The number of rotatable bonds is 3. The molecule has 0 aliphatic heterocycles. The van der Waals surface area contributed by atoms with Gasteiger partial charge in [-0.1, -0.05) is 6.07 Å². The smallest absolute Gasteiger partial charge is 0.404 e. The van der Waals surface area contributed by atoms with Crippen molar-refractivity contribution in [2.24, 2.45) is 0 Å². The predicted octanol–water partition coefficient (Wildman–Crippen LogP) is 2.63. The number of hydrogen-bond donors (Lipinski definition) is 3. The molecular weight excluding hydrogens is 266 g/mol. The van der Waals surface area contributed by atoms with Crippen molar-refractivity contribution < 1.29 is 9.90 Å². The molecule has 21 heavy (non-hydrogen) atoms. The van der Waals surface area contributed by atoms with E-state index in [-0.39, 0.29) is 6.04 Å². The summed E-state index contributed by atoms with van der Waals surface area (Å²) in [4.78, 5) is 15.2. The fourth-order valence-corrected chi connectivity index (χ4v) is 3.64. The van der Waals surface area contributed by atoms with Gasteiger partial charge in [0.15, 0.2) is 0 Å². The number of pyridine rings is 1. The van der Waals surface area contributed by atoms with Crippen LogP contribution in [-0.2, 0) is 6.42 Å². The summed E-state index contributed by atoms with van der Waals surface area (Å²) in [5, 5.41) is 15.1. The zero-order valence-electron chi connectivity index (χ0n) is 12.2. The van der Waals surface area contributed by atoms with Crippen LogP contribution in [0.5, 0.6) is 0 Å². The van der Waals surface area contributed by atoms with Gasteiger partial charge in [0.2, 0.25) is 0 Å². The molecule has 3 N–H and O–H groups in total. The summed E-state index contributed by atoms with van der Waals surface area (Å²) >= 11 is 0. The first-order valence-corrected chi connectivity index (χ1v) is 7.91. The highest BCUT2D eigenvalue weighted by Gasteiger charge is 2.27. The molecule has 114 valence electrons. The Kier molecular flexibility index (Phi) is 4.39.